The van der Waals surface area contributed by atoms with Gasteiger partial charge in [-0.1, -0.05) is 30.3 Å². The third-order valence-corrected chi connectivity index (χ3v) is 7.19. The molecule has 2 atom stereocenters. The number of hydrogen-bond donors (Lipinski definition) is 0. The lowest BCUT2D eigenvalue weighted by Crippen LogP contribution is -2.21. The second kappa shape index (κ2) is 7.47. The first-order valence-electron chi connectivity index (χ1n) is 10.4. The molecule has 30 heavy (non-hydrogen) atoms. The van der Waals surface area contributed by atoms with Crippen molar-refractivity contribution in [2.75, 3.05) is 26.4 Å². The maximum absolute atomic E-state index is 6.12. The lowest BCUT2D eigenvalue weighted by molar-refractivity contribution is 0.171. The van der Waals surface area contributed by atoms with Gasteiger partial charge in [0, 0.05) is 5.92 Å². The smallest absolute Gasteiger partial charge is 0.161 e. The molecule has 0 radical (unpaired) electrons. The number of rotatable bonds is 2. The van der Waals surface area contributed by atoms with Crippen molar-refractivity contribution in [1.29, 1.82) is 0 Å². The van der Waals surface area contributed by atoms with Crippen LogP contribution in [0.1, 0.15) is 27.9 Å². The predicted octanol–water partition coefficient (Wildman–Crippen LogP) is 5.40. The van der Waals surface area contributed by atoms with Gasteiger partial charge in [-0.25, -0.2) is 0 Å². The Labute approximate surface area is 180 Å². The first kappa shape index (κ1) is 18.0. The number of ether oxygens (including phenoxy) is 4. The summed E-state index contributed by atoms with van der Waals surface area (Å²) in [6.07, 6.45) is 0.956. The molecule has 5 heteroatoms. The molecule has 0 N–H and O–H groups in total. The Balaban J connectivity index is 1.24. The number of hydrogen-bond acceptors (Lipinski definition) is 5. The zero-order chi connectivity index (χ0) is 19.9. The van der Waals surface area contributed by atoms with E-state index in [9.17, 15) is 0 Å². The average molecular weight is 419 g/mol. The van der Waals surface area contributed by atoms with E-state index in [1.165, 1.54) is 21.6 Å². The van der Waals surface area contributed by atoms with Gasteiger partial charge in [0.05, 0.1) is 16.8 Å². The van der Waals surface area contributed by atoms with Gasteiger partial charge in [-0.15, -0.1) is 11.8 Å². The standard InChI is InChI=1S/C25H22O4S/c1-2-4-24-22(3-1)29-15-25(30-24)17-6-7-20-18(11-17)12-19(14-28-20)16-5-8-21-23(13-16)27-10-9-26-21/h1-8,11,13,19,25H,9-10,12,14-15H2. The van der Waals surface area contributed by atoms with Gasteiger partial charge in [-0.3, -0.25) is 0 Å². The van der Waals surface area contributed by atoms with E-state index in [2.05, 4.69) is 42.5 Å². The maximum atomic E-state index is 6.12. The van der Waals surface area contributed by atoms with Crippen molar-refractivity contribution in [2.45, 2.75) is 22.5 Å². The van der Waals surface area contributed by atoms with Crippen molar-refractivity contribution in [1.82, 2.24) is 0 Å². The minimum atomic E-state index is 0.292. The fourth-order valence-corrected chi connectivity index (χ4v) is 5.45. The summed E-state index contributed by atoms with van der Waals surface area (Å²) in [5, 5.41) is 0.292. The lowest BCUT2D eigenvalue weighted by Gasteiger charge is -2.29. The molecule has 0 saturated heterocycles. The SMILES string of the molecule is c1ccc2c(c1)OCC(c1ccc3c(c1)CC(c1ccc4c(c1)OCCO4)CO3)S2. The summed E-state index contributed by atoms with van der Waals surface area (Å²) in [5.41, 5.74) is 3.79. The van der Waals surface area contributed by atoms with Gasteiger partial charge in [0.1, 0.15) is 31.3 Å². The molecule has 2 unspecified atom stereocenters. The van der Waals surface area contributed by atoms with Gasteiger partial charge >= 0.3 is 0 Å². The van der Waals surface area contributed by atoms with E-state index in [1.54, 1.807) is 0 Å². The second-order valence-corrected chi connectivity index (χ2v) is 9.09. The van der Waals surface area contributed by atoms with Crippen LogP contribution in [0.25, 0.3) is 0 Å². The van der Waals surface area contributed by atoms with Gasteiger partial charge in [0.15, 0.2) is 11.5 Å². The molecule has 0 amide bonds. The first-order valence-corrected chi connectivity index (χ1v) is 11.2. The number of benzene rings is 3. The van der Waals surface area contributed by atoms with Crippen LogP contribution in [0.2, 0.25) is 0 Å². The van der Waals surface area contributed by atoms with Gasteiger partial charge < -0.3 is 18.9 Å². The minimum Gasteiger partial charge on any atom is -0.493 e. The zero-order valence-corrected chi connectivity index (χ0v) is 17.3. The van der Waals surface area contributed by atoms with E-state index in [4.69, 9.17) is 18.9 Å². The van der Waals surface area contributed by atoms with E-state index < -0.39 is 0 Å². The van der Waals surface area contributed by atoms with Crippen molar-refractivity contribution < 1.29 is 18.9 Å². The highest BCUT2D eigenvalue weighted by Crippen LogP contribution is 2.45. The fourth-order valence-electron chi connectivity index (χ4n) is 4.33. The molecule has 152 valence electrons. The largest absolute Gasteiger partial charge is 0.493 e. The van der Waals surface area contributed by atoms with E-state index >= 15 is 0 Å². The monoisotopic (exact) mass is 418 g/mol. The van der Waals surface area contributed by atoms with Gasteiger partial charge in [0.25, 0.3) is 0 Å². The van der Waals surface area contributed by atoms with Crippen LogP contribution in [-0.2, 0) is 6.42 Å². The third-order valence-electron chi connectivity index (χ3n) is 5.91. The molecule has 0 saturated carbocycles. The predicted molar refractivity (Wildman–Crippen MR) is 116 cm³/mol. The molecule has 0 aliphatic carbocycles. The van der Waals surface area contributed by atoms with Gasteiger partial charge in [0.2, 0.25) is 0 Å². The van der Waals surface area contributed by atoms with Crippen LogP contribution in [-0.4, -0.2) is 26.4 Å². The molecule has 0 aromatic heterocycles. The number of para-hydroxylation sites is 1. The van der Waals surface area contributed by atoms with Crippen LogP contribution in [0.5, 0.6) is 23.0 Å². The van der Waals surface area contributed by atoms with Crippen molar-refractivity contribution in [3.8, 4) is 23.0 Å². The molecule has 4 nitrogen and oxygen atoms in total. The first-order chi connectivity index (χ1) is 14.8. The summed E-state index contributed by atoms with van der Waals surface area (Å²) in [6, 6.07) is 21.1. The van der Waals surface area contributed by atoms with Crippen LogP contribution in [0.4, 0.5) is 0 Å². The molecule has 6 rings (SSSR count). The van der Waals surface area contributed by atoms with E-state index in [0.717, 1.165) is 29.4 Å². The number of thioether (sulfide) groups is 1. The highest BCUT2D eigenvalue weighted by molar-refractivity contribution is 7.99. The highest BCUT2D eigenvalue weighted by Gasteiger charge is 2.26. The molecular formula is C25H22O4S. The zero-order valence-electron chi connectivity index (χ0n) is 16.5. The quantitative estimate of drug-likeness (QED) is 0.557. The van der Waals surface area contributed by atoms with Crippen molar-refractivity contribution in [3.05, 3.63) is 77.4 Å². The molecule has 3 aromatic carbocycles. The summed E-state index contributed by atoms with van der Waals surface area (Å²) < 4.78 is 23.6. The molecule has 3 heterocycles. The molecule has 0 spiro atoms. The maximum Gasteiger partial charge on any atom is 0.161 e. The second-order valence-electron chi connectivity index (χ2n) is 7.85. The topological polar surface area (TPSA) is 36.9 Å². The average Bonchev–Trinajstić information content (AvgIpc) is 2.82. The Morgan fingerprint density at radius 2 is 1.47 bits per heavy atom. The Kier molecular flexibility index (Phi) is 4.49. The summed E-state index contributed by atoms with van der Waals surface area (Å²) in [7, 11) is 0. The molecule has 3 aromatic rings. The molecule has 3 aliphatic heterocycles. The highest BCUT2D eigenvalue weighted by atomic mass is 32.2. The fraction of sp³-hybridized carbons (Fsp3) is 0.280. The van der Waals surface area contributed by atoms with E-state index in [0.29, 0.717) is 37.6 Å². The van der Waals surface area contributed by atoms with Crippen molar-refractivity contribution >= 4 is 11.8 Å². The molecule has 0 bridgehead atoms. The lowest BCUT2D eigenvalue weighted by atomic mass is 9.89. The summed E-state index contributed by atoms with van der Waals surface area (Å²) in [5.74, 6) is 3.96. The normalized spacial score (nSPS) is 21.6. The molecular weight excluding hydrogens is 396 g/mol. The van der Waals surface area contributed by atoms with Crippen molar-refractivity contribution in [3.63, 3.8) is 0 Å². The van der Waals surface area contributed by atoms with Gasteiger partial charge in [-0.2, -0.15) is 0 Å². The Morgan fingerprint density at radius 3 is 2.43 bits per heavy atom. The van der Waals surface area contributed by atoms with Gasteiger partial charge in [-0.05, 0) is 53.4 Å². The third kappa shape index (κ3) is 3.27. The van der Waals surface area contributed by atoms with Crippen LogP contribution in [0, 0.1) is 0 Å². The minimum absolute atomic E-state index is 0.292. The summed E-state index contributed by atoms with van der Waals surface area (Å²) in [6.45, 7) is 2.59. The molecule has 3 aliphatic rings. The Bertz CT molecular complexity index is 1100. The van der Waals surface area contributed by atoms with Crippen LogP contribution >= 0.6 is 11.8 Å². The summed E-state index contributed by atoms with van der Waals surface area (Å²) >= 11 is 1.88. The molecule has 0 fully saturated rings. The summed E-state index contributed by atoms with van der Waals surface area (Å²) in [4.78, 5) is 1.21. The van der Waals surface area contributed by atoms with E-state index in [1.807, 2.05) is 30.0 Å². The van der Waals surface area contributed by atoms with Crippen molar-refractivity contribution in [2.24, 2.45) is 0 Å². The van der Waals surface area contributed by atoms with Crippen LogP contribution in [0.3, 0.4) is 0 Å². The van der Waals surface area contributed by atoms with Crippen LogP contribution < -0.4 is 18.9 Å². The number of fused-ring (bicyclic) bond motifs is 3. The Morgan fingerprint density at radius 1 is 0.667 bits per heavy atom. The van der Waals surface area contributed by atoms with E-state index in [-0.39, 0.29) is 0 Å². The van der Waals surface area contributed by atoms with Crippen LogP contribution in [0.15, 0.2) is 65.6 Å². The Hall–Kier alpha value is -2.79.